The molecule has 1 aromatic rings. The Hall–Kier alpha value is -1.95. The van der Waals surface area contributed by atoms with E-state index in [4.69, 9.17) is 16.2 Å². The van der Waals surface area contributed by atoms with Gasteiger partial charge in [-0.1, -0.05) is 12.1 Å². The summed E-state index contributed by atoms with van der Waals surface area (Å²) in [5.41, 5.74) is 11.4. The van der Waals surface area contributed by atoms with Gasteiger partial charge in [0.05, 0.1) is 12.8 Å². The summed E-state index contributed by atoms with van der Waals surface area (Å²) in [6, 6.07) is 4.80. The Kier molecular flexibility index (Phi) is 4.46. The molecule has 5 nitrogen and oxygen atoms in total. The molecule has 1 saturated carbocycles. The van der Waals surface area contributed by atoms with E-state index >= 15 is 0 Å². The highest BCUT2D eigenvalue weighted by Crippen LogP contribution is 2.29. The molecular weight excluding hydrogens is 247 g/mol. The predicted octanol–water partition coefficient (Wildman–Crippen LogP) is 1.36. The molecule has 1 aromatic carbocycles. The van der Waals surface area contributed by atoms with Crippen LogP contribution >= 0.6 is 0 Å². The molecule has 6 heteroatoms. The van der Waals surface area contributed by atoms with Gasteiger partial charge in [0.25, 0.3) is 0 Å². The first-order valence-electron chi connectivity index (χ1n) is 6.13. The smallest absolute Gasteiger partial charge is 0.211 e. The maximum Gasteiger partial charge on any atom is 0.211 e. The van der Waals surface area contributed by atoms with E-state index in [1.54, 1.807) is 12.1 Å². The van der Waals surface area contributed by atoms with Crippen LogP contribution in [0.25, 0.3) is 0 Å². The second-order valence-corrected chi connectivity index (χ2v) is 4.58. The third-order valence-electron chi connectivity index (χ3n) is 2.77. The fraction of sp³-hybridized carbons (Fsp3) is 0.385. The van der Waals surface area contributed by atoms with E-state index in [0.29, 0.717) is 30.3 Å². The van der Waals surface area contributed by atoms with Crippen molar-refractivity contribution >= 4 is 12.2 Å². The molecule has 2 rings (SSSR count). The predicted molar refractivity (Wildman–Crippen MR) is 72.2 cm³/mol. The van der Waals surface area contributed by atoms with Gasteiger partial charge >= 0.3 is 0 Å². The van der Waals surface area contributed by atoms with Crippen molar-refractivity contribution in [2.75, 3.05) is 6.61 Å². The van der Waals surface area contributed by atoms with Gasteiger partial charge in [-0.2, -0.15) is 5.10 Å². The Morgan fingerprint density at radius 1 is 1.42 bits per heavy atom. The Bertz CT molecular complexity index is 493. The summed E-state index contributed by atoms with van der Waals surface area (Å²) < 4.78 is 19.2. The van der Waals surface area contributed by atoms with E-state index in [0.717, 1.165) is 0 Å². The molecule has 0 spiro atoms. The molecule has 4 N–H and O–H groups in total. The molecule has 19 heavy (non-hydrogen) atoms. The average molecular weight is 264 g/mol. The number of guanidine groups is 1. The zero-order chi connectivity index (χ0) is 13.7. The van der Waals surface area contributed by atoms with Crippen LogP contribution in [0.5, 0.6) is 0 Å². The molecule has 0 bridgehead atoms. The van der Waals surface area contributed by atoms with Gasteiger partial charge in [-0.25, -0.2) is 4.39 Å². The highest BCUT2D eigenvalue weighted by molar-refractivity contribution is 5.81. The standard InChI is InChI=1S/C13H17FN4O/c14-12-5-10(6-17-18-13(15)16)3-4-11(12)8-19-7-9-1-2-9/h3-6,9H,1-2,7-8H2,(H4,15,16,18). The third kappa shape index (κ3) is 4.67. The molecule has 0 radical (unpaired) electrons. The molecule has 0 aliphatic heterocycles. The van der Waals surface area contributed by atoms with E-state index in [9.17, 15) is 4.39 Å². The number of nitrogens with zero attached hydrogens (tertiary/aromatic N) is 2. The lowest BCUT2D eigenvalue weighted by molar-refractivity contribution is 0.109. The number of nitrogens with two attached hydrogens (primary N) is 2. The Morgan fingerprint density at radius 2 is 2.21 bits per heavy atom. The summed E-state index contributed by atoms with van der Waals surface area (Å²) in [4.78, 5) is 0. The summed E-state index contributed by atoms with van der Waals surface area (Å²) in [5.74, 6) is 0.223. The lowest BCUT2D eigenvalue weighted by Crippen LogP contribution is -2.21. The number of hydrogen-bond donors (Lipinski definition) is 2. The van der Waals surface area contributed by atoms with Gasteiger partial charge in [0.15, 0.2) is 0 Å². The number of benzene rings is 1. The Morgan fingerprint density at radius 3 is 2.84 bits per heavy atom. The Balaban J connectivity index is 1.91. The van der Waals surface area contributed by atoms with Crippen LogP contribution in [0.1, 0.15) is 24.0 Å². The van der Waals surface area contributed by atoms with Gasteiger partial charge in [-0.3, -0.25) is 0 Å². The fourth-order valence-electron chi connectivity index (χ4n) is 1.54. The second kappa shape index (κ2) is 6.29. The summed E-state index contributed by atoms with van der Waals surface area (Å²) in [7, 11) is 0. The zero-order valence-corrected chi connectivity index (χ0v) is 10.6. The fourth-order valence-corrected chi connectivity index (χ4v) is 1.54. The molecular formula is C13H17FN4O. The van der Waals surface area contributed by atoms with Crippen LogP contribution in [0.3, 0.4) is 0 Å². The van der Waals surface area contributed by atoms with Crippen molar-refractivity contribution in [1.29, 1.82) is 0 Å². The molecule has 102 valence electrons. The minimum atomic E-state index is -0.315. The molecule has 0 unspecified atom stereocenters. The van der Waals surface area contributed by atoms with Crippen LogP contribution in [0.15, 0.2) is 28.4 Å². The van der Waals surface area contributed by atoms with Crippen molar-refractivity contribution in [3.05, 3.63) is 35.1 Å². The van der Waals surface area contributed by atoms with E-state index < -0.39 is 0 Å². The van der Waals surface area contributed by atoms with Gasteiger partial charge in [0.1, 0.15) is 5.82 Å². The summed E-state index contributed by atoms with van der Waals surface area (Å²) in [5, 5.41) is 7.06. The first-order chi connectivity index (χ1) is 9.15. The molecule has 1 aliphatic carbocycles. The van der Waals surface area contributed by atoms with Gasteiger partial charge in [0.2, 0.25) is 5.96 Å². The zero-order valence-electron chi connectivity index (χ0n) is 10.6. The van der Waals surface area contributed by atoms with Crippen LogP contribution in [0.4, 0.5) is 4.39 Å². The van der Waals surface area contributed by atoms with E-state index in [-0.39, 0.29) is 11.8 Å². The summed E-state index contributed by atoms with van der Waals surface area (Å²) >= 11 is 0. The number of halogens is 1. The molecule has 1 fully saturated rings. The highest BCUT2D eigenvalue weighted by Gasteiger charge is 2.21. The van der Waals surface area contributed by atoms with Gasteiger partial charge in [-0.15, -0.1) is 5.10 Å². The SMILES string of the molecule is NC(N)=NN=Cc1ccc(COCC2CC2)c(F)c1. The number of rotatable bonds is 6. The van der Waals surface area contributed by atoms with Crippen molar-refractivity contribution in [1.82, 2.24) is 0 Å². The lowest BCUT2D eigenvalue weighted by atomic mass is 10.1. The molecule has 0 saturated heterocycles. The monoisotopic (exact) mass is 264 g/mol. The van der Waals surface area contributed by atoms with Crippen LogP contribution in [-0.2, 0) is 11.3 Å². The summed E-state index contributed by atoms with van der Waals surface area (Å²) in [6.45, 7) is 1.01. The second-order valence-electron chi connectivity index (χ2n) is 4.58. The van der Waals surface area contributed by atoms with Gasteiger partial charge in [-0.05, 0) is 30.4 Å². The molecule has 0 atom stereocenters. The maximum atomic E-state index is 13.7. The molecule has 1 aliphatic rings. The minimum absolute atomic E-state index is 0.137. The van der Waals surface area contributed by atoms with Crippen molar-refractivity contribution in [2.45, 2.75) is 19.4 Å². The van der Waals surface area contributed by atoms with Crippen LogP contribution in [0.2, 0.25) is 0 Å². The van der Waals surface area contributed by atoms with Crippen molar-refractivity contribution in [3.8, 4) is 0 Å². The molecule has 0 heterocycles. The van der Waals surface area contributed by atoms with Gasteiger partial charge < -0.3 is 16.2 Å². The summed E-state index contributed by atoms with van der Waals surface area (Å²) in [6.07, 6.45) is 3.84. The van der Waals surface area contributed by atoms with Crippen molar-refractivity contribution in [2.24, 2.45) is 27.6 Å². The quantitative estimate of drug-likeness (QED) is 0.462. The van der Waals surface area contributed by atoms with Crippen LogP contribution in [-0.4, -0.2) is 18.8 Å². The average Bonchev–Trinajstić information content (AvgIpc) is 3.15. The third-order valence-corrected chi connectivity index (χ3v) is 2.77. The highest BCUT2D eigenvalue weighted by atomic mass is 19.1. The maximum absolute atomic E-state index is 13.7. The first kappa shape index (κ1) is 13.5. The first-order valence-corrected chi connectivity index (χ1v) is 6.13. The number of ether oxygens (including phenoxy) is 1. The lowest BCUT2D eigenvalue weighted by Gasteiger charge is -2.05. The van der Waals surface area contributed by atoms with E-state index in [1.807, 2.05) is 0 Å². The Labute approximate surface area is 111 Å². The topological polar surface area (TPSA) is 86.0 Å². The van der Waals surface area contributed by atoms with E-state index in [1.165, 1.54) is 25.1 Å². The largest absolute Gasteiger partial charge is 0.376 e. The molecule has 0 aromatic heterocycles. The minimum Gasteiger partial charge on any atom is -0.376 e. The number of hydrogen-bond acceptors (Lipinski definition) is 3. The normalized spacial score (nSPS) is 14.8. The van der Waals surface area contributed by atoms with Crippen molar-refractivity contribution in [3.63, 3.8) is 0 Å². The van der Waals surface area contributed by atoms with Gasteiger partial charge in [0, 0.05) is 12.2 Å². The van der Waals surface area contributed by atoms with E-state index in [2.05, 4.69) is 10.2 Å². The van der Waals surface area contributed by atoms with Crippen LogP contribution < -0.4 is 11.5 Å². The van der Waals surface area contributed by atoms with Crippen LogP contribution in [0, 0.1) is 11.7 Å². The molecule has 0 amide bonds. The van der Waals surface area contributed by atoms with Crippen molar-refractivity contribution < 1.29 is 9.13 Å².